The topological polar surface area (TPSA) is 46.1 Å². The molecule has 0 unspecified atom stereocenters. The molecule has 4 nitrogen and oxygen atoms in total. The van der Waals surface area contributed by atoms with Gasteiger partial charge in [-0.15, -0.1) is 10.2 Å². The molecule has 0 aliphatic heterocycles. The Balaban J connectivity index is 2.11. The van der Waals surface area contributed by atoms with Crippen molar-refractivity contribution in [2.75, 3.05) is 19.0 Å². The predicted octanol–water partition coefficient (Wildman–Crippen LogP) is 3.25. The number of hydrogen-bond acceptors (Lipinski definition) is 6. The van der Waals surface area contributed by atoms with Gasteiger partial charge in [0.25, 0.3) is 0 Å². The lowest BCUT2D eigenvalue weighted by atomic mass is 10.1. The molecule has 0 N–H and O–H groups in total. The van der Waals surface area contributed by atoms with Crippen LogP contribution >= 0.6 is 23.1 Å². The molecule has 2 aromatic rings. The Morgan fingerprint density at radius 1 is 1.33 bits per heavy atom. The average Bonchev–Trinajstić information content (AvgIpc) is 2.86. The van der Waals surface area contributed by atoms with Crippen LogP contribution in [0.4, 0.5) is 13.9 Å². The van der Waals surface area contributed by atoms with E-state index in [4.69, 9.17) is 0 Å². The summed E-state index contributed by atoms with van der Waals surface area (Å²) in [4.78, 5) is 14.0. The zero-order valence-electron chi connectivity index (χ0n) is 11.6. The summed E-state index contributed by atoms with van der Waals surface area (Å²) in [5.74, 6) is -1.96. The van der Waals surface area contributed by atoms with Crippen LogP contribution in [0.2, 0.25) is 0 Å². The number of anilines is 1. The van der Waals surface area contributed by atoms with Crippen LogP contribution in [-0.2, 0) is 0 Å². The molecule has 0 saturated carbocycles. The number of aromatic nitrogens is 2. The lowest BCUT2D eigenvalue weighted by Gasteiger charge is -2.09. The predicted molar refractivity (Wildman–Crippen MR) is 80.2 cm³/mol. The van der Waals surface area contributed by atoms with Gasteiger partial charge in [0.2, 0.25) is 5.13 Å². The third kappa shape index (κ3) is 3.76. The maximum absolute atomic E-state index is 13.6. The van der Waals surface area contributed by atoms with Crippen LogP contribution in [0.1, 0.15) is 17.3 Å². The van der Waals surface area contributed by atoms with E-state index in [-0.39, 0.29) is 5.56 Å². The molecular formula is C13H13F2N3OS2. The Bertz CT molecular complexity index is 661. The molecule has 1 aromatic carbocycles. The first-order chi connectivity index (χ1) is 9.88. The maximum atomic E-state index is 13.6. The van der Waals surface area contributed by atoms with Crippen molar-refractivity contribution in [1.29, 1.82) is 0 Å². The molecule has 0 spiro atoms. The summed E-state index contributed by atoms with van der Waals surface area (Å²) in [5.41, 5.74) is -0.117. The zero-order chi connectivity index (χ0) is 15.6. The fourth-order valence-electron chi connectivity index (χ4n) is 1.54. The first kappa shape index (κ1) is 15.8. The Morgan fingerprint density at radius 2 is 2.05 bits per heavy atom. The molecule has 0 amide bonds. The molecular weight excluding hydrogens is 316 g/mol. The van der Waals surface area contributed by atoms with Crippen molar-refractivity contribution in [3.8, 4) is 0 Å². The summed E-state index contributed by atoms with van der Waals surface area (Å²) in [5, 5.41) is 8.14. The van der Waals surface area contributed by atoms with Crippen LogP contribution in [0.15, 0.2) is 22.5 Å². The molecule has 1 aromatic heterocycles. The van der Waals surface area contributed by atoms with E-state index in [0.717, 1.165) is 17.3 Å². The fourth-order valence-corrected chi connectivity index (χ4v) is 3.52. The Labute approximate surface area is 129 Å². The number of hydrogen-bond donors (Lipinski definition) is 0. The molecule has 21 heavy (non-hydrogen) atoms. The zero-order valence-corrected chi connectivity index (χ0v) is 13.3. The number of Topliss-reactive ketones (excluding diaryl/α,β-unsaturated/α-hetero) is 1. The summed E-state index contributed by atoms with van der Waals surface area (Å²) in [6, 6.07) is 2.94. The molecule has 0 aliphatic carbocycles. The minimum atomic E-state index is -0.848. The summed E-state index contributed by atoms with van der Waals surface area (Å²) >= 11 is 2.56. The van der Waals surface area contributed by atoms with E-state index in [0.29, 0.717) is 10.4 Å². The SMILES string of the molecule is C[C@H](Sc1nnc(N(C)C)s1)C(=O)c1ccc(F)cc1F. The average molecular weight is 329 g/mol. The smallest absolute Gasteiger partial charge is 0.208 e. The van der Waals surface area contributed by atoms with Gasteiger partial charge in [-0.05, 0) is 19.1 Å². The first-order valence-electron chi connectivity index (χ1n) is 6.05. The largest absolute Gasteiger partial charge is 0.353 e. The number of carbonyl (C=O) groups is 1. The van der Waals surface area contributed by atoms with E-state index in [1.165, 1.54) is 23.1 Å². The van der Waals surface area contributed by atoms with Crippen LogP contribution < -0.4 is 4.90 Å². The third-order valence-corrected chi connectivity index (χ3v) is 4.90. The summed E-state index contributed by atoms with van der Waals surface area (Å²) in [7, 11) is 3.69. The Morgan fingerprint density at radius 3 is 2.62 bits per heavy atom. The molecule has 0 radical (unpaired) electrons. The monoisotopic (exact) mass is 329 g/mol. The van der Waals surface area contributed by atoms with Gasteiger partial charge < -0.3 is 4.90 Å². The van der Waals surface area contributed by atoms with Gasteiger partial charge in [-0.25, -0.2) is 8.78 Å². The number of ketones is 1. The van der Waals surface area contributed by atoms with Crippen molar-refractivity contribution in [3.05, 3.63) is 35.4 Å². The summed E-state index contributed by atoms with van der Waals surface area (Å²) < 4.78 is 27.1. The first-order valence-corrected chi connectivity index (χ1v) is 7.75. The van der Waals surface area contributed by atoms with Gasteiger partial charge in [0.05, 0.1) is 10.8 Å². The van der Waals surface area contributed by atoms with Gasteiger partial charge in [0.1, 0.15) is 11.6 Å². The number of carbonyl (C=O) groups excluding carboxylic acids is 1. The highest BCUT2D eigenvalue weighted by molar-refractivity contribution is 8.02. The van der Waals surface area contributed by atoms with Crippen molar-refractivity contribution in [3.63, 3.8) is 0 Å². The quantitative estimate of drug-likeness (QED) is 0.622. The number of halogens is 2. The van der Waals surface area contributed by atoms with E-state index in [2.05, 4.69) is 10.2 Å². The van der Waals surface area contributed by atoms with Gasteiger partial charge in [-0.2, -0.15) is 0 Å². The van der Waals surface area contributed by atoms with Crippen molar-refractivity contribution >= 4 is 34.0 Å². The van der Waals surface area contributed by atoms with Gasteiger partial charge in [0.15, 0.2) is 10.1 Å². The second kappa shape index (κ2) is 6.48. The van der Waals surface area contributed by atoms with Crippen LogP contribution in [0, 0.1) is 11.6 Å². The van der Waals surface area contributed by atoms with Crippen LogP contribution in [0.5, 0.6) is 0 Å². The van der Waals surface area contributed by atoms with Crippen molar-refractivity contribution < 1.29 is 13.6 Å². The second-order valence-electron chi connectivity index (χ2n) is 4.49. The standard InChI is InChI=1S/C13H13F2N3OS2/c1-7(20-13-17-16-12(21-13)18(2)3)11(19)9-5-4-8(14)6-10(9)15/h4-7H,1-3H3/t7-/m0/s1. The van der Waals surface area contributed by atoms with Gasteiger partial charge in [0, 0.05) is 20.2 Å². The number of nitrogens with zero attached hydrogens (tertiary/aromatic N) is 3. The van der Waals surface area contributed by atoms with Crippen LogP contribution in [0.25, 0.3) is 0 Å². The molecule has 0 fully saturated rings. The third-order valence-electron chi connectivity index (χ3n) is 2.62. The Hall–Kier alpha value is -1.54. The van der Waals surface area contributed by atoms with Crippen molar-refractivity contribution in [1.82, 2.24) is 10.2 Å². The van der Waals surface area contributed by atoms with E-state index in [1.54, 1.807) is 6.92 Å². The Kier molecular flexibility index (Phi) is 4.89. The highest BCUT2D eigenvalue weighted by atomic mass is 32.2. The normalized spacial score (nSPS) is 12.2. The number of benzene rings is 1. The highest BCUT2D eigenvalue weighted by Crippen LogP contribution is 2.31. The van der Waals surface area contributed by atoms with Gasteiger partial charge in [-0.1, -0.05) is 23.1 Å². The van der Waals surface area contributed by atoms with Crippen LogP contribution in [-0.4, -0.2) is 35.3 Å². The maximum Gasteiger partial charge on any atom is 0.208 e. The molecule has 1 atom stereocenters. The summed E-state index contributed by atoms with van der Waals surface area (Å²) in [6.07, 6.45) is 0. The molecule has 8 heteroatoms. The van der Waals surface area contributed by atoms with Crippen LogP contribution in [0.3, 0.4) is 0 Å². The molecule has 0 saturated heterocycles. The lowest BCUT2D eigenvalue weighted by Crippen LogP contribution is -2.15. The fraction of sp³-hybridized carbons (Fsp3) is 0.308. The van der Waals surface area contributed by atoms with E-state index in [1.807, 2.05) is 19.0 Å². The lowest BCUT2D eigenvalue weighted by molar-refractivity contribution is 0.0990. The minimum Gasteiger partial charge on any atom is -0.353 e. The van der Waals surface area contributed by atoms with E-state index in [9.17, 15) is 13.6 Å². The second-order valence-corrected chi connectivity index (χ2v) is 7.04. The van der Waals surface area contributed by atoms with Gasteiger partial charge >= 0.3 is 0 Å². The van der Waals surface area contributed by atoms with Gasteiger partial charge in [-0.3, -0.25) is 4.79 Å². The summed E-state index contributed by atoms with van der Waals surface area (Å²) in [6.45, 7) is 1.66. The molecule has 1 heterocycles. The van der Waals surface area contributed by atoms with Crippen molar-refractivity contribution in [2.45, 2.75) is 16.5 Å². The van der Waals surface area contributed by atoms with Crippen molar-refractivity contribution in [2.24, 2.45) is 0 Å². The molecule has 0 aliphatic rings. The molecule has 112 valence electrons. The minimum absolute atomic E-state index is 0.117. The number of thioether (sulfide) groups is 1. The molecule has 0 bridgehead atoms. The van der Waals surface area contributed by atoms with E-state index >= 15 is 0 Å². The number of rotatable bonds is 5. The highest BCUT2D eigenvalue weighted by Gasteiger charge is 2.22. The van der Waals surface area contributed by atoms with E-state index < -0.39 is 22.7 Å². The molecule has 2 rings (SSSR count).